The van der Waals surface area contributed by atoms with Gasteiger partial charge in [-0.15, -0.1) is 0 Å². The number of nitrogens with zero attached hydrogens (tertiary/aromatic N) is 1. The van der Waals surface area contributed by atoms with E-state index in [4.69, 9.17) is 9.31 Å². The van der Waals surface area contributed by atoms with Gasteiger partial charge in [-0.1, -0.05) is 72.8 Å². The molecule has 0 radical (unpaired) electrons. The molecule has 1 unspecified atom stereocenters. The summed E-state index contributed by atoms with van der Waals surface area (Å²) >= 11 is 0. The lowest BCUT2D eigenvalue weighted by atomic mass is 9.78. The maximum Gasteiger partial charge on any atom is 0.494 e. The highest BCUT2D eigenvalue weighted by atomic mass is 16.7. The average molecular weight is 435 g/mol. The van der Waals surface area contributed by atoms with Crippen LogP contribution in [0.4, 0.5) is 0 Å². The van der Waals surface area contributed by atoms with E-state index in [1.807, 2.05) is 12.3 Å². The van der Waals surface area contributed by atoms with Gasteiger partial charge in [0.15, 0.2) is 0 Å². The second-order valence-electron chi connectivity index (χ2n) is 9.91. The maximum atomic E-state index is 6.25. The molecule has 0 N–H and O–H groups in total. The van der Waals surface area contributed by atoms with E-state index < -0.39 is 0 Å². The van der Waals surface area contributed by atoms with Crippen molar-refractivity contribution in [1.82, 2.24) is 4.98 Å². The summed E-state index contributed by atoms with van der Waals surface area (Å²) in [5, 5.41) is 0. The number of benzene rings is 2. The third-order valence-electron chi connectivity index (χ3n) is 7.13. The minimum atomic E-state index is -0.378. The molecule has 2 aliphatic rings. The summed E-state index contributed by atoms with van der Waals surface area (Å²) in [6, 6.07) is 23.3. The Morgan fingerprint density at radius 1 is 0.848 bits per heavy atom. The van der Waals surface area contributed by atoms with Crippen LogP contribution in [0.15, 0.2) is 91.2 Å². The lowest BCUT2D eigenvalue weighted by Gasteiger charge is -2.32. The molecule has 2 aromatic carbocycles. The van der Waals surface area contributed by atoms with Crippen molar-refractivity contribution in [3.8, 4) is 11.3 Å². The molecule has 0 spiro atoms. The van der Waals surface area contributed by atoms with E-state index in [2.05, 4.69) is 112 Å². The molecule has 0 bridgehead atoms. The van der Waals surface area contributed by atoms with E-state index >= 15 is 0 Å². The van der Waals surface area contributed by atoms with E-state index in [9.17, 15) is 0 Å². The summed E-state index contributed by atoms with van der Waals surface area (Å²) in [6.45, 7) is 8.32. The fourth-order valence-electron chi connectivity index (χ4n) is 4.37. The molecule has 4 heteroatoms. The van der Waals surface area contributed by atoms with E-state index in [0.29, 0.717) is 5.92 Å². The molecule has 1 aliphatic heterocycles. The van der Waals surface area contributed by atoms with Gasteiger partial charge < -0.3 is 9.31 Å². The van der Waals surface area contributed by atoms with Crippen molar-refractivity contribution < 1.29 is 9.31 Å². The Balaban J connectivity index is 1.37. The Morgan fingerprint density at radius 3 is 2.30 bits per heavy atom. The van der Waals surface area contributed by atoms with Gasteiger partial charge in [-0.05, 0) is 74.0 Å². The molecule has 1 atom stereocenters. The van der Waals surface area contributed by atoms with Crippen LogP contribution in [-0.4, -0.2) is 23.3 Å². The lowest BCUT2D eigenvalue weighted by molar-refractivity contribution is 0.00578. The second-order valence-corrected chi connectivity index (χ2v) is 9.91. The van der Waals surface area contributed by atoms with Crippen molar-refractivity contribution in [2.24, 2.45) is 0 Å². The van der Waals surface area contributed by atoms with Crippen LogP contribution in [0.2, 0.25) is 0 Å². The number of aromatic nitrogens is 1. The molecule has 1 aromatic heterocycles. The highest BCUT2D eigenvalue weighted by Gasteiger charge is 2.51. The molecule has 166 valence electrons. The van der Waals surface area contributed by atoms with E-state index in [-0.39, 0.29) is 18.3 Å². The molecule has 0 saturated carbocycles. The zero-order chi connectivity index (χ0) is 23.1. The van der Waals surface area contributed by atoms with E-state index in [0.717, 1.165) is 23.1 Å². The van der Waals surface area contributed by atoms with Crippen LogP contribution in [0, 0.1) is 0 Å². The van der Waals surface area contributed by atoms with Crippen molar-refractivity contribution in [3.05, 3.63) is 102 Å². The van der Waals surface area contributed by atoms with Gasteiger partial charge in [-0.3, -0.25) is 4.98 Å². The largest absolute Gasteiger partial charge is 0.494 e. The first-order chi connectivity index (χ1) is 15.8. The maximum absolute atomic E-state index is 6.25. The average Bonchev–Trinajstić information content (AvgIpc) is 3.07. The number of allylic oxidation sites excluding steroid dienone is 4. The summed E-state index contributed by atoms with van der Waals surface area (Å²) in [4.78, 5) is 4.66. The molecule has 3 nitrogen and oxygen atoms in total. The Morgan fingerprint density at radius 2 is 1.61 bits per heavy atom. The lowest BCUT2D eigenvalue weighted by Crippen LogP contribution is -2.41. The molecule has 3 aromatic rings. The zero-order valence-corrected chi connectivity index (χ0v) is 19.8. The SMILES string of the molecule is CC1(C)OB(c2cccc(-c3cc(C4=CCC(c5ccccc5)C=C4)ccn3)c2)OC1(C)C. The first-order valence-electron chi connectivity index (χ1n) is 11.7. The smallest absolute Gasteiger partial charge is 0.399 e. The number of pyridine rings is 1. The molecule has 2 heterocycles. The normalized spacial score (nSPS) is 21.2. The van der Waals surface area contributed by atoms with Crippen molar-refractivity contribution >= 4 is 18.2 Å². The zero-order valence-electron chi connectivity index (χ0n) is 19.8. The molecular formula is C29H30BNO2. The Kier molecular flexibility index (Phi) is 5.59. The van der Waals surface area contributed by atoms with Crippen LogP contribution in [0.5, 0.6) is 0 Å². The quantitative estimate of drug-likeness (QED) is 0.459. The first-order valence-corrected chi connectivity index (χ1v) is 11.7. The standard InChI is InChI=1S/C29H30BNO2/c1-28(2)29(3,4)33-30(32-28)26-12-8-11-25(19-26)27-20-24(17-18-31-27)23-15-13-22(14-16-23)21-9-6-5-7-10-21/h5-13,15-20,22H,14H2,1-4H3. The first kappa shape index (κ1) is 21.9. The molecule has 1 fully saturated rings. The van der Waals surface area contributed by atoms with Crippen LogP contribution in [0.3, 0.4) is 0 Å². The van der Waals surface area contributed by atoms with Crippen molar-refractivity contribution in [2.45, 2.75) is 51.2 Å². The second kappa shape index (κ2) is 8.44. The predicted octanol–water partition coefficient (Wildman–Crippen LogP) is 6.17. The Labute approximate surface area is 197 Å². The summed E-state index contributed by atoms with van der Waals surface area (Å²) in [7, 11) is -0.378. The van der Waals surface area contributed by atoms with Gasteiger partial charge in [-0.2, -0.15) is 0 Å². The Bertz CT molecular complexity index is 1200. The van der Waals surface area contributed by atoms with Crippen LogP contribution in [-0.2, 0) is 9.31 Å². The van der Waals surface area contributed by atoms with Crippen molar-refractivity contribution in [2.75, 3.05) is 0 Å². The van der Waals surface area contributed by atoms with Crippen molar-refractivity contribution in [3.63, 3.8) is 0 Å². The van der Waals surface area contributed by atoms with Crippen LogP contribution in [0.1, 0.15) is 51.2 Å². The summed E-state index contributed by atoms with van der Waals surface area (Å²) in [6.07, 6.45) is 9.78. The van der Waals surface area contributed by atoms with E-state index in [1.54, 1.807) is 0 Å². The fourth-order valence-corrected chi connectivity index (χ4v) is 4.37. The highest BCUT2D eigenvalue weighted by molar-refractivity contribution is 6.62. The van der Waals surface area contributed by atoms with Gasteiger partial charge in [-0.25, -0.2) is 0 Å². The van der Waals surface area contributed by atoms with Crippen LogP contribution in [0.25, 0.3) is 16.8 Å². The number of hydrogen-bond acceptors (Lipinski definition) is 3. The minimum Gasteiger partial charge on any atom is -0.399 e. The van der Waals surface area contributed by atoms with Gasteiger partial charge in [0.2, 0.25) is 0 Å². The number of rotatable bonds is 4. The van der Waals surface area contributed by atoms with Crippen molar-refractivity contribution in [1.29, 1.82) is 0 Å². The number of hydrogen-bond donors (Lipinski definition) is 0. The Hall–Kier alpha value is -2.95. The monoisotopic (exact) mass is 435 g/mol. The predicted molar refractivity (Wildman–Crippen MR) is 136 cm³/mol. The topological polar surface area (TPSA) is 31.4 Å². The third-order valence-corrected chi connectivity index (χ3v) is 7.13. The summed E-state index contributed by atoms with van der Waals surface area (Å²) < 4.78 is 12.5. The van der Waals surface area contributed by atoms with Gasteiger partial charge in [0, 0.05) is 12.1 Å². The fraction of sp³-hybridized carbons (Fsp3) is 0.276. The summed E-state index contributed by atoms with van der Waals surface area (Å²) in [5.41, 5.74) is 6.10. The molecular weight excluding hydrogens is 405 g/mol. The third kappa shape index (κ3) is 4.33. The molecule has 1 saturated heterocycles. The highest BCUT2D eigenvalue weighted by Crippen LogP contribution is 2.37. The van der Waals surface area contributed by atoms with Gasteiger partial charge in [0.1, 0.15) is 0 Å². The van der Waals surface area contributed by atoms with Crippen LogP contribution < -0.4 is 5.46 Å². The summed E-state index contributed by atoms with van der Waals surface area (Å²) in [5.74, 6) is 0.438. The molecule has 5 rings (SSSR count). The van der Waals surface area contributed by atoms with Gasteiger partial charge in [0.25, 0.3) is 0 Å². The van der Waals surface area contributed by atoms with Gasteiger partial charge >= 0.3 is 7.12 Å². The van der Waals surface area contributed by atoms with Gasteiger partial charge in [0.05, 0.1) is 16.9 Å². The minimum absolute atomic E-state index is 0.358. The van der Waals surface area contributed by atoms with E-state index in [1.165, 1.54) is 16.7 Å². The van der Waals surface area contributed by atoms with Crippen LogP contribution >= 0.6 is 0 Å². The molecule has 1 aliphatic carbocycles. The molecule has 33 heavy (non-hydrogen) atoms. The molecule has 0 amide bonds.